The minimum Gasteiger partial charge on any atom is -0.439 e. The number of pyridine rings is 2. The summed E-state index contributed by atoms with van der Waals surface area (Å²) in [5.74, 6) is 2.20. The molecule has 3 aromatic carbocycles. The summed E-state index contributed by atoms with van der Waals surface area (Å²) in [4.78, 5) is 8.91. The molecule has 0 atom stereocenters. The summed E-state index contributed by atoms with van der Waals surface area (Å²) in [6, 6.07) is 32.7. The Morgan fingerprint density at radius 3 is 2.36 bits per heavy atom. The number of rotatable bonds is 4. The van der Waals surface area contributed by atoms with Crippen molar-refractivity contribution in [2.24, 2.45) is 0 Å². The molecule has 0 radical (unpaired) electrons. The summed E-state index contributed by atoms with van der Waals surface area (Å²) in [5.41, 5.74) is 4.41. The fourth-order valence-electron chi connectivity index (χ4n) is 4.18. The molecule has 5 heteroatoms. The molecule has 4 nitrogen and oxygen atoms in total. The highest BCUT2D eigenvalue weighted by Crippen LogP contribution is 2.35. The highest BCUT2D eigenvalue weighted by Gasteiger charge is 2.14. The van der Waals surface area contributed by atoms with Crippen LogP contribution in [0.15, 0.2) is 114 Å². The lowest BCUT2D eigenvalue weighted by Crippen LogP contribution is -1.97. The molecule has 0 saturated heterocycles. The fraction of sp³-hybridized carbons (Fsp3) is 0. The molecular formula is C28H18BrN3O. The molecule has 0 saturated carbocycles. The van der Waals surface area contributed by atoms with Gasteiger partial charge in [-0.3, -0.25) is 4.57 Å². The highest BCUT2D eigenvalue weighted by atomic mass is 79.9. The van der Waals surface area contributed by atoms with Gasteiger partial charge < -0.3 is 4.74 Å². The van der Waals surface area contributed by atoms with Gasteiger partial charge in [0.25, 0.3) is 0 Å². The van der Waals surface area contributed by atoms with E-state index in [1.165, 1.54) is 10.8 Å². The van der Waals surface area contributed by atoms with Crippen LogP contribution in [0.1, 0.15) is 0 Å². The van der Waals surface area contributed by atoms with E-state index in [0.29, 0.717) is 5.88 Å². The van der Waals surface area contributed by atoms with Gasteiger partial charge in [0.1, 0.15) is 11.6 Å². The number of ether oxygens (including phenoxy) is 1. The molecule has 158 valence electrons. The first-order chi connectivity index (χ1) is 16.3. The molecule has 0 aliphatic rings. The topological polar surface area (TPSA) is 39.9 Å². The van der Waals surface area contributed by atoms with Crippen LogP contribution in [-0.2, 0) is 0 Å². The van der Waals surface area contributed by atoms with Crippen LogP contribution in [0, 0.1) is 0 Å². The molecule has 0 N–H and O–H groups in total. The molecule has 0 spiro atoms. The maximum absolute atomic E-state index is 5.95. The molecular weight excluding hydrogens is 474 g/mol. The minimum absolute atomic E-state index is 0.575. The number of benzene rings is 3. The van der Waals surface area contributed by atoms with E-state index in [1.54, 1.807) is 6.20 Å². The average molecular weight is 492 g/mol. The zero-order valence-corrected chi connectivity index (χ0v) is 19.1. The molecule has 0 aliphatic carbocycles. The van der Waals surface area contributed by atoms with Crippen molar-refractivity contribution in [1.82, 2.24) is 14.5 Å². The Balaban J connectivity index is 1.51. The van der Waals surface area contributed by atoms with Crippen molar-refractivity contribution in [3.8, 4) is 28.6 Å². The SMILES string of the molecule is Brc1ccnc(-n2c3ccccc3c3ccc(-c4cccc(Oc5ccccn5)c4)cc32)c1. The second kappa shape index (κ2) is 8.19. The molecule has 0 fully saturated rings. The summed E-state index contributed by atoms with van der Waals surface area (Å²) in [6.45, 7) is 0. The molecule has 6 aromatic rings. The first-order valence-electron chi connectivity index (χ1n) is 10.6. The van der Waals surface area contributed by atoms with Crippen LogP contribution in [0.25, 0.3) is 38.8 Å². The lowest BCUT2D eigenvalue weighted by atomic mass is 10.0. The van der Waals surface area contributed by atoms with Crippen LogP contribution in [0.2, 0.25) is 0 Å². The van der Waals surface area contributed by atoms with Gasteiger partial charge in [-0.2, -0.15) is 0 Å². The van der Waals surface area contributed by atoms with Crippen LogP contribution in [0.4, 0.5) is 0 Å². The number of hydrogen-bond donors (Lipinski definition) is 0. The summed E-state index contributed by atoms with van der Waals surface area (Å²) in [6.07, 6.45) is 3.55. The quantitative estimate of drug-likeness (QED) is 0.252. The minimum atomic E-state index is 0.575. The molecule has 33 heavy (non-hydrogen) atoms. The van der Waals surface area contributed by atoms with Crippen LogP contribution < -0.4 is 4.74 Å². The van der Waals surface area contributed by atoms with Gasteiger partial charge >= 0.3 is 0 Å². The van der Waals surface area contributed by atoms with Gasteiger partial charge in [-0.05, 0) is 53.6 Å². The summed E-state index contributed by atoms with van der Waals surface area (Å²) in [5, 5.41) is 2.39. The second-order valence-corrected chi connectivity index (χ2v) is 8.63. The zero-order valence-electron chi connectivity index (χ0n) is 17.5. The van der Waals surface area contributed by atoms with E-state index < -0.39 is 0 Å². The van der Waals surface area contributed by atoms with E-state index in [1.807, 2.05) is 54.7 Å². The Morgan fingerprint density at radius 2 is 1.48 bits per heavy atom. The highest BCUT2D eigenvalue weighted by molar-refractivity contribution is 9.10. The lowest BCUT2D eigenvalue weighted by molar-refractivity contribution is 0.463. The second-order valence-electron chi connectivity index (χ2n) is 7.71. The summed E-state index contributed by atoms with van der Waals surface area (Å²) < 4.78 is 9.16. The van der Waals surface area contributed by atoms with Gasteiger partial charge in [-0.25, -0.2) is 9.97 Å². The van der Waals surface area contributed by atoms with E-state index >= 15 is 0 Å². The monoisotopic (exact) mass is 491 g/mol. The van der Waals surface area contributed by atoms with Crippen molar-refractivity contribution in [2.75, 3.05) is 0 Å². The number of hydrogen-bond acceptors (Lipinski definition) is 3. The summed E-state index contributed by atoms with van der Waals surface area (Å²) >= 11 is 3.59. The van der Waals surface area contributed by atoms with Crippen LogP contribution >= 0.6 is 15.9 Å². The van der Waals surface area contributed by atoms with Crippen molar-refractivity contribution >= 4 is 37.7 Å². The zero-order chi connectivity index (χ0) is 22.2. The normalized spacial score (nSPS) is 11.2. The standard InChI is InChI=1S/C28H18BrN3O/c29-21-13-15-30-27(18-21)32-25-9-2-1-8-23(25)24-12-11-20(17-26(24)32)19-6-5-7-22(16-19)33-28-10-3-4-14-31-28/h1-18H. The number of fused-ring (bicyclic) bond motifs is 3. The largest absolute Gasteiger partial charge is 0.439 e. The number of aromatic nitrogens is 3. The van der Waals surface area contributed by atoms with Gasteiger partial charge in [-0.1, -0.05) is 64.5 Å². The Labute approximate surface area is 199 Å². The van der Waals surface area contributed by atoms with Gasteiger partial charge in [0, 0.05) is 33.7 Å². The van der Waals surface area contributed by atoms with Crippen LogP contribution in [0.5, 0.6) is 11.6 Å². The first-order valence-corrected chi connectivity index (χ1v) is 11.4. The predicted octanol–water partition coefficient (Wildman–Crippen LogP) is 7.80. The third-order valence-electron chi connectivity index (χ3n) is 5.64. The van der Waals surface area contributed by atoms with Gasteiger partial charge in [0.2, 0.25) is 5.88 Å². The Kier molecular flexibility index (Phi) is 4.89. The van der Waals surface area contributed by atoms with E-state index in [2.05, 4.69) is 79.0 Å². The van der Waals surface area contributed by atoms with Crippen molar-refractivity contribution in [3.05, 3.63) is 114 Å². The third-order valence-corrected chi connectivity index (χ3v) is 6.13. The Morgan fingerprint density at radius 1 is 0.636 bits per heavy atom. The van der Waals surface area contributed by atoms with Crippen molar-refractivity contribution in [2.45, 2.75) is 0 Å². The Hall–Kier alpha value is -3.96. The smallest absolute Gasteiger partial charge is 0.219 e. The van der Waals surface area contributed by atoms with E-state index in [4.69, 9.17) is 4.74 Å². The first kappa shape index (κ1) is 19.7. The Bertz CT molecular complexity index is 1610. The van der Waals surface area contributed by atoms with Crippen molar-refractivity contribution in [3.63, 3.8) is 0 Å². The fourth-order valence-corrected chi connectivity index (χ4v) is 4.50. The number of para-hydroxylation sites is 1. The van der Waals surface area contributed by atoms with E-state index in [9.17, 15) is 0 Å². The van der Waals surface area contributed by atoms with Crippen LogP contribution in [-0.4, -0.2) is 14.5 Å². The van der Waals surface area contributed by atoms with Crippen LogP contribution in [0.3, 0.4) is 0 Å². The molecule has 0 aliphatic heterocycles. The van der Waals surface area contributed by atoms with E-state index in [0.717, 1.165) is 38.2 Å². The van der Waals surface area contributed by atoms with E-state index in [-0.39, 0.29) is 0 Å². The number of nitrogens with zero attached hydrogens (tertiary/aromatic N) is 3. The molecule has 0 amide bonds. The molecule has 0 unspecified atom stereocenters. The number of halogens is 1. The van der Waals surface area contributed by atoms with Gasteiger partial charge in [-0.15, -0.1) is 0 Å². The van der Waals surface area contributed by atoms with Crippen molar-refractivity contribution < 1.29 is 4.74 Å². The maximum Gasteiger partial charge on any atom is 0.219 e. The molecule has 6 rings (SSSR count). The molecule has 3 heterocycles. The maximum atomic E-state index is 5.95. The summed E-state index contributed by atoms with van der Waals surface area (Å²) in [7, 11) is 0. The average Bonchev–Trinajstić information content (AvgIpc) is 3.18. The predicted molar refractivity (Wildman–Crippen MR) is 136 cm³/mol. The molecule has 3 aromatic heterocycles. The van der Waals surface area contributed by atoms with Crippen molar-refractivity contribution in [1.29, 1.82) is 0 Å². The molecule has 0 bridgehead atoms. The van der Waals surface area contributed by atoms with Gasteiger partial charge in [0.15, 0.2) is 0 Å². The van der Waals surface area contributed by atoms with Gasteiger partial charge in [0.05, 0.1) is 11.0 Å². The lowest BCUT2D eigenvalue weighted by Gasteiger charge is -2.09. The third kappa shape index (κ3) is 3.66.